The zero-order chi connectivity index (χ0) is 19.6. The number of carbonyl (C=O) groups excluding carboxylic acids is 2. The third-order valence-electron chi connectivity index (χ3n) is 3.69. The van der Waals surface area contributed by atoms with Crippen molar-refractivity contribution < 1.29 is 19.5 Å². The van der Waals surface area contributed by atoms with Gasteiger partial charge in [-0.2, -0.15) is 0 Å². The number of thioether (sulfide) groups is 1. The zero-order valence-corrected chi connectivity index (χ0v) is 17.0. The Labute approximate surface area is 174 Å². The van der Waals surface area contributed by atoms with Gasteiger partial charge < -0.3 is 10.0 Å². The van der Waals surface area contributed by atoms with E-state index in [1.807, 2.05) is 12.1 Å². The molecule has 0 aromatic carbocycles. The van der Waals surface area contributed by atoms with Crippen LogP contribution in [0.4, 0.5) is 0 Å². The number of halogens is 1. The number of aromatic nitrogens is 2. The molecule has 3 heterocycles. The Morgan fingerprint density at radius 1 is 1.07 bits per heavy atom. The van der Waals surface area contributed by atoms with E-state index in [9.17, 15) is 14.4 Å². The molecule has 0 atom stereocenters. The Morgan fingerprint density at radius 2 is 1.61 bits per heavy atom. The van der Waals surface area contributed by atoms with Gasteiger partial charge in [0.1, 0.15) is 0 Å². The normalized spacial score (nSPS) is 12.7. The molecule has 0 spiro atoms. The molecule has 28 heavy (non-hydrogen) atoms. The predicted octanol–water partition coefficient (Wildman–Crippen LogP) is 2.25. The molecular formula is C19H22ClN3O4S. The molecule has 150 valence electrons. The highest BCUT2D eigenvalue weighted by molar-refractivity contribution is 8.14. The first-order chi connectivity index (χ1) is 12.9. The minimum atomic E-state index is -0.826. The fraction of sp³-hybridized carbons (Fsp3) is 0.316. The number of amides is 1. The summed E-state index contributed by atoms with van der Waals surface area (Å²) < 4.78 is 0. The van der Waals surface area contributed by atoms with Crippen LogP contribution in [0.2, 0.25) is 0 Å². The van der Waals surface area contributed by atoms with Crippen molar-refractivity contribution in [2.45, 2.75) is 25.0 Å². The maximum atomic E-state index is 11.8. The van der Waals surface area contributed by atoms with Crippen molar-refractivity contribution in [3.05, 3.63) is 60.2 Å². The molecule has 0 aliphatic carbocycles. The minimum absolute atomic E-state index is 0. The SMILES string of the molecule is CC(=O)SC1CN(C(=O)Cc2cccnc2)C1.Cl.O=C(O)Cc1cccnc1. The Kier molecular flexibility index (Phi) is 10.2. The molecule has 0 saturated carbocycles. The van der Waals surface area contributed by atoms with Crippen molar-refractivity contribution >= 4 is 41.2 Å². The molecule has 0 unspecified atom stereocenters. The summed E-state index contributed by atoms with van der Waals surface area (Å²) in [5.41, 5.74) is 1.66. The van der Waals surface area contributed by atoms with Crippen LogP contribution in [0, 0.1) is 0 Å². The van der Waals surface area contributed by atoms with Crippen LogP contribution in [0.15, 0.2) is 49.1 Å². The summed E-state index contributed by atoms with van der Waals surface area (Å²) in [7, 11) is 0. The topological polar surface area (TPSA) is 100 Å². The van der Waals surface area contributed by atoms with Gasteiger partial charge in [-0.15, -0.1) is 12.4 Å². The molecule has 1 fully saturated rings. The summed E-state index contributed by atoms with van der Waals surface area (Å²) in [5, 5.41) is 8.74. The van der Waals surface area contributed by atoms with Crippen LogP contribution in [0.5, 0.6) is 0 Å². The molecule has 1 aliphatic rings. The van der Waals surface area contributed by atoms with Crippen molar-refractivity contribution in [3.63, 3.8) is 0 Å². The molecule has 1 saturated heterocycles. The number of hydrogen-bond acceptors (Lipinski definition) is 6. The third-order valence-corrected chi connectivity index (χ3v) is 4.65. The second-order valence-corrected chi connectivity index (χ2v) is 7.48. The molecule has 1 amide bonds. The van der Waals surface area contributed by atoms with Crippen LogP contribution in [0.3, 0.4) is 0 Å². The van der Waals surface area contributed by atoms with Gasteiger partial charge in [0.05, 0.1) is 12.8 Å². The van der Waals surface area contributed by atoms with Crippen molar-refractivity contribution in [2.24, 2.45) is 0 Å². The fourth-order valence-electron chi connectivity index (χ4n) is 2.42. The smallest absolute Gasteiger partial charge is 0.307 e. The quantitative estimate of drug-likeness (QED) is 0.786. The van der Waals surface area contributed by atoms with E-state index in [1.165, 1.54) is 11.8 Å². The van der Waals surface area contributed by atoms with Crippen molar-refractivity contribution in [1.29, 1.82) is 0 Å². The van der Waals surface area contributed by atoms with E-state index in [0.717, 1.165) is 11.1 Å². The predicted molar refractivity (Wildman–Crippen MR) is 109 cm³/mol. The molecule has 1 N–H and O–H groups in total. The lowest BCUT2D eigenvalue weighted by Gasteiger charge is -2.38. The third kappa shape index (κ3) is 8.49. The van der Waals surface area contributed by atoms with Gasteiger partial charge in [0.15, 0.2) is 5.12 Å². The van der Waals surface area contributed by atoms with Gasteiger partial charge in [-0.1, -0.05) is 23.9 Å². The molecule has 0 bridgehead atoms. The first-order valence-corrected chi connectivity index (χ1v) is 9.26. The highest BCUT2D eigenvalue weighted by Crippen LogP contribution is 2.23. The molecule has 2 aromatic heterocycles. The number of likely N-dealkylation sites (tertiary alicyclic amines) is 1. The van der Waals surface area contributed by atoms with E-state index in [-0.39, 0.29) is 35.1 Å². The summed E-state index contributed by atoms with van der Waals surface area (Å²) in [6.07, 6.45) is 7.01. The number of pyridine rings is 2. The first-order valence-electron chi connectivity index (χ1n) is 8.38. The number of rotatable bonds is 5. The van der Waals surface area contributed by atoms with Crippen LogP contribution < -0.4 is 0 Å². The first kappa shape index (κ1) is 23.6. The number of carboxylic acid groups (broad SMARTS) is 1. The van der Waals surface area contributed by atoms with E-state index in [4.69, 9.17) is 5.11 Å². The monoisotopic (exact) mass is 423 g/mol. The Bertz CT molecular complexity index is 771. The maximum Gasteiger partial charge on any atom is 0.307 e. The van der Waals surface area contributed by atoms with Crippen molar-refractivity contribution in [3.8, 4) is 0 Å². The van der Waals surface area contributed by atoms with Gasteiger partial charge >= 0.3 is 5.97 Å². The highest BCUT2D eigenvalue weighted by atomic mass is 35.5. The summed E-state index contributed by atoms with van der Waals surface area (Å²) in [4.78, 5) is 42.4. The molecule has 7 nitrogen and oxygen atoms in total. The molecular weight excluding hydrogens is 402 g/mol. The Morgan fingerprint density at radius 3 is 2.04 bits per heavy atom. The average Bonchev–Trinajstić information content (AvgIpc) is 2.59. The number of carboxylic acids is 1. The van der Waals surface area contributed by atoms with Crippen LogP contribution in [-0.2, 0) is 27.2 Å². The van der Waals surface area contributed by atoms with Gasteiger partial charge in [0.25, 0.3) is 0 Å². The number of aliphatic carboxylic acids is 1. The summed E-state index contributed by atoms with van der Waals surface area (Å²) in [6, 6.07) is 7.18. The van der Waals surface area contributed by atoms with E-state index in [0.29, 0.717) is 19.5 Å². The summed E-state index contributed by atoms with van der Waals surface area (Å²) in [6.45, 7) is 2.93. The number of carbonyl (C=O) groups is 3. The highest BCUT2D eigenvalue weighted by Gasteiger charge is 2.31. The fourth-order valence-corrected chi connectivity index (χ4v) is 3.40. The van der Waals surface area contributed by atoms with Gasteiger partial charge in [-0.05, 0) is 23.3 Å². The maximum absolute atomic E-state index is 11.8. The van der Waals surface area contributed by atoms with E-state index in [1.54, 1.807) is 48.7 Å². The molecule has 0 radical (unpaired) electrons. The second kappa shape index (κ2) is 12.1. The summed E-state index contributed by atoms with van der Waals surface area (Å²) >= 11 is 1.32. The van der Waals surface area contributed by atoms with Gasteiger partial charge in [-0.25, -0.2) is 0 Å². The Balaban J connectivity index is 0.000000307. The minimum Gasteiger partial charge on any atom is -0.481 e. The molecule has 3 rings (SSSR count). The lowest BCUT2D eigenvalue weighted by atomic mass is 10.1. The van der Waals surface area contributed by atoms with Gasteiger partial charge in [0.2, 0.25) is 5.91 Å². The van der Waals surface area contributed by atoms with Gasteiger partial charge in [-0.3, -0.25) is 24.4 Å². The zero-order valence-electron chi connectivity index (χ0n) is 15.4. The van der Waals surface area contributed by atoms with E-state index in [2.05, 4.69) is 9.97 Å². The van der Waals surface area contributed by atoms with Crippen LogP contribution in [0.25, 0.3) is 0 Å². The number of nitrogens with zero attached hydrogens (tertiary/aromatic N) is 3. The largest absolute Gasteiger partial charge is 0.481 e. The van der Waals surface area contributed by atoms with Crippen LogP contribution in [0.1, 0.15) is 18.1 Å². The average molecular weight is 424 g/mol. The molecule has 1 aliphatic heterocycles. The second-order valence-electron chi connectivity index (χ2n) is 6.00. The van der Waals surface area contributed by atoms with Crippen molar-refractivity contribution in [1.82, 2.24) is 14.9 Å². The van der Waals surface area contributed by atoms with Crippen LogP contribution >= 0.6 is 24.2 Å². The number of hydrogen-bond donors (Lipinski definition) is 1. The van der Waals surface area contributed by atoms with Crippen molar-refractivity contribution in [2.75, 3.05) is 13.1 Å². The summed E-state index contributed by atoms with van der Waals surface area (Å²) in [5.74, 6) is -0.716. The van der Waals surface area contributed by atoms with E-state index < -0.39 is 5.97 Å². The van der Waals surface area contributed by atoms with E-state index >= 15 is 0 Å². The van der Waals surface area contributed by atoms with Crippen LogP contribution in [-0.4, -0.2) is 55.3 Å². The lowest BCUT2D eigenvalue weighted by Crippen LogP contribution is -2.52. The molecule has 2 aromatic rings. The Hall–Kier alpha value is -2.45. The molecule has 9 heteroatoms. The standard InChI is InChI=1S/C12H14N2O2S.C7H7NO2.ClH/c1-9(15)17-11-7-14(8-11)12(16)5-10-3-2-4-13-6-10;9-7(10)4-6-2-1-3-8-5-6;/h2-4,6,11H,5,7-8H2,1H3;1-3,5H,4H2,(H,9,10);1H. The lowest BCUT2D eigenvalue weighted by molar-refractivity contribution is -0.136. The van der Waals surface area contributed by atoms with Gasteiger partial charge in [0, 0.05) is 50.1 Å².